The van der Waals surface area contributed by atoms with Gasteiger partial charge in [-0.1, -0.05) is 47.7 Å². The normalized spacial score (nSPS) is 16.2. The summed E-state index contributed by atoms with van der Waals surface area (Å²) in [5.41, 5.74) is 6.72. The summed E-state index contributed by atoms with van der Waals surface area (Å²) in [7, 11) is 1.33. The van der Waals surface area contributed by atoms with E-state index in [2.05, 4.69) is 108 Å². The molecular weight excluding hydrogens is 1100 g/mol. The van der Waals surface area contributed by atoms with Crippen LogP contribution in [0.4, 0.5) is 10.5 Å². The van der Waals surface area contributed by atoms with Gasteiger partial charge in [0.05, 0.1) is 29.1 Å². The third kappa shape index (κ3) is 14.4. The van der Waals surface area contributed by atoms with Crippen LogP contribution in [0.25, 0.3) is 10.2 Å². The molecule has 2 unspecified atom stereocenters. The van der Waals surface area contributed by atoms with Crippen LogP contribution < -0.4 is 16.4 Å². The molecule has 4 N–H and O–H groups in total. The van der Waals surface area contributed by atoms with Gasteiger partial charge in [0.25, 0.3) is 0 Å². The maximum absolute atomic E-state index is 11.1. The average Bonchev–Trinajstić information content (AvgIpc) is 3.61. The van der Waals surface area contributed by atoms with Crippen LogP contribution in [0, 0.1) is 0 Å². The topological polar surface area (TPSA) is 136 Å². The van der Waals surface area contributed by atoms with Crippen LogP contribution >= 0.6 is 140 Å². The molecule has 0 aliphatic carbocycles. The Labute approximate surface area is 300 Å². The van der Waals surface area contributed by atoms with Gasteiger partial charge in [0.15, 0.2) is 5.15 Å². The van der Waals surface area contributed by atoms with Crippen molar-refractivity contribution in [2.75, 3.05) is 17.8 Å². The number of fused-ring (bicyclic) bond motifs is 2. The number of hydrogen-bond donors (Lipinski definition) is 3. The van der Waals surface area contributed by atoms with Gasteiger partial charge in [-0.25, -0.2) is 19.6 Å². The zero-order chi connectivity index (χ0) is 28.8. The molecule has 0 radical (unpaired) electrons. The second-order valence-electron chi connectivity index (χ2n) is 6.18. The molecular formula is C20H22Cl2I4N5O4S3V. The van der Waals surface area contributed by atoms with Gasteiger partial charge in [-0.3, -0.25) is 10.1 Å². The summed E-state index contributed by atoms with van der Waals surface area (Å²) >= 11 is 25.1. The van der Waals surface area contributed by atoms with Crippen molar-refractivity contribution in [1.29, 1.82) is 0 Å². The number of nitrogens with one attached hydrogen (secondary N) is 2. The zero-order valence-electron chi connectivity index (χ0n) is 19.2. The number of hydrogen-bond acceptors (Lipinski definition) is 10. The van der Waals surface area contributed by atoms with Crippen LogP contribution in [-0.2, 0) is 14.5 Å². The Morgan fingerprint density at radius 3 is 2.31 bits per heavy atom. The van der Waals surface area contributed by atoms with E-state index in [1.807, 2.05) is 27.9 Å². The number of alkyl halides is 1. The monoisotopic (exact) mass is 1120 g/mol. The Morgan fingerprint density at radius 2 is 1.74 bits per heavy atom. The number of aromatic nitrogens is 2. The number of nitrogens with two attached hydrogens (primary N) is 1. The third-order valence-corrected chi connectivity index (χ3v) is 7.42. The molecule has 5 heterocycles. The van der Waals surface area contributed by atoms with E-state index in [9.17, 15) is 14.4 Å². The molecule has 5 rings (SSSR count). The van der Waals surface area contributed by atoms with Gasteiger partial charge in [0.2, 0.25) is 11.2 Å². The molecule has 3 aromatic rings. The molecule has 3 aromatic heterocycles. The Morgan fingerprint density at radius 1 is 1.13 bits per heavy atom. The number of amides is 3. The number of anilines is 1. The summed E-state index contributed by atoms with van der Waals surface area (Å²) in [5, 5.41) is 10.8. The fraction of sp³-hybridized carbons (Fsp3) is 0.250. The molecule has 1 saturated heterocycles. The predicted octanol–water partition coefficient (Wildman–Crippen LogP) is 8.28. The van der Waals surface area contributed by atoms with Gasteiger partial charge in [0.1, 0.15) is 10.1 Å². The number of nitrogens with zero attached hydrogens (tertiary/aromatic N) is 2. The molecule has 2 atom stereocenters. The van der Waals surface area contributed by atoms with Gasteiger partial charge >= 0.3 is 76.9 Å². The number of urea groups is 1. The molecule has 0 spiro atoms. The van der Waals surface area contributed by atoms with Crippen molar-refractivity contribution in [3.05, 3.63) is 49.7 Å². The number of thioether (sulfide) groups is 1. The van der Waals surface area contributed by atoms with E-state index in [-0.39, 0.29) is 40.8 Å². The molecule has 0 bridgehead atoms. The van der Waals surface area contributed by atoms with E-state index in [1.165, 1.54) is 41.5 Å². The first-order chi connectivity index (χ1) is 18.0. The first-order valence-electron chi connectivity index (χ1n) is 9.59. The number of carbonyl (C=O) groups is 3. The van der Waals surface area contributed by atoms with Crippen LogP contribution in [-0.4, -0.2) is 51.2 Å². The average molecular weight is 1120 g/mol. The summed E-state index contributed by atoms with van der Waals surface area (Å²) in [6.45, 7) is 0. The Kier molecular flexibility index (Phi) is 22.4. The molecule has 39 heavy (non-hydrogen) atoms. The number of thiophene rings is 2. The van der Waals surface area contributed by atoms with Crippen molar-refractivity contribution in [2.45, 2.75) is 18.7 Å². The number of rotatable bonds is 1. The number of halogens is 6. The van der Waals surface area contributed by atoms with E-state index in [1.54, 1.807) is 11.4 Å². The number of nitrogen functional groups attached to an aromatic ring is 1. The van der Waals surface area contributed by atoms with Gasteiger partial charge in [-0.15, -0.1) is 34.4 Å². The van der Waals surface area contributed by atoms with Gasteiger partial charge in [-0.2, -0.15) is 0 Å². The SMILES string of the molecule is C.CI.COC(=O)c1sccc1N.Clc1nc(Cl)c2sccc2n1.O=C1NC(=O)C2SC=CC2N1.[I][V]([I])[I]. The quantitative estimate of drug-likeness (QED) is 0.0729. The second-order valence-corrected chi connectivity index (χ2v) is 45.1. The van der Waals surface area contributed by atoms with Crippen molar-refractivity contribution in [2.24, 2.45) is 0 Å². The van der Waals surface area contributed by atoms with Crippen molar-refractivity contribution in [1.82, 2.24) is 20.6 Å². The summed E-state index contributed by atoms with van der Waals surface area (Å²) in [5.74, 6) is -0.568. The summed E-state index contributed by atoms with van der Waals surface area (Å²) < 4.78 is 5.35. The first kappa shape index (κ1) is 40.1. The van der Waals surface area contributed by atoms with Crippen LogP contribution in [0.2, 0.25) is 10.4 Å². The molecule has 1 fully saturated rings. The van der Waals surface area contributed by atoms with E-state index < -0.39 is 6.03 Å². The molecule has 9 nitrogen and oxygen atoms in total. The summed E-state index contributed by atoms with van der Waals surface area (Å²) in [6.07, 6.45) is 1.83. The minimum atomic E-state index is -0.400. The number of carbonyl (C=O) groups excluding carboxylic acids is 3. The van der Waals surface area contributed by atoms with Crippen LogP contribution in [0.5, 0.6) is 0 Å². The number of imide groups is 1. The minimum absolute atomic E-state index is 0. The van der Waals surface area contributed by atoms with Gasteiger partial charge in [-0.05, 0) is 44.8 Å². The van der Waals surface area contributed by atoms with E-state index in [0.717, 1.165) is 10.2 Å². The molecule has 0 saturated carbocycles. The van der Waals surface area contributed by atoms with Crippen molar-refractivity contribution >= 4 is 174 Å². The third-order valence-electron chi connectivity index (χ3n) is 3.93. The van der Waals surface area contributed by atoms with Crippen LogP contribution in [0.3, 0.4) is 0 Å². The molecule has 3 amide bonds. The van der Waals surface area contributed by atoms with Crippen LogP contribution in [0.1, 0.15) is 17.1 Å². The standard InChI is InChI=1S/C6H2Cl2N2S.C6H6N2O2S.C6H7NO2S.CH3I.CH4.3HI.V/c7-5-4-3(1-2-11-4)9-6(8)10-5;9-5-4-3(1-2-11-4)7-6(10)8-5;1-9-6(8)5-4(7)2-3-10-5;1-2;;;;;/h1-2H;1-4H,(H2,7,8,9,10);2-3H,7H2,1H3;1H3;1H4;3*1H;/q;;;;;;;;+3/p-3. The number of esters is 1. The second kappa shape index (κ2) is 21.8. The Bertz CT molecular complexity index is 1250. The molecule has 19 heteroatoms. The maximum atomic E-state index is 11.1. The van der Waals surface area contributed by atoms with E-state index in [4.69, 9.17) is 28.9 Å². The van der Waals surface area contributed by atoms with E-state index >= 15 is 0 Å². The fourth-order valence-electron chi connectivity index (χ4n) is 2.50. The first-order valence-corrected chi connectivity index (χ1v) is 28.7. The number of methoxy groups -OCH3 is 1. The molecule has 2 aliphatic rings. The van der Waals surface area contributed by atoms with Crippen molar-refractivity contribution in [3.63, 3.8) is 0 Å². The molecule has 0 aromatic carbocycles. The Hall–Kier alpha value is 1.12. The van der Waals surface area contributed by atoms with Crippen molar-refractivity contribution in [3.8, 4) is 0 Å². The molecule has 2 aliphatic heterocycles. The number of ether oxygens (including phenoxy) is 1. The molecule has 216 valence electrons. The predicted molar refractivity (Wildman–Crippen MR) is 197 cm³/mol. The van der Waals surface area contributed by atoms with Crippen LogP contribution in [0.15, 0.2) is 34.4 Å². The summed E-state index contributed by atoms with van der Waals surface area (Å²) in [4.78, 5) is 42.5. The fourth-order valence-corrected chi connectivity index (χ4v) is 5.41. The Balaban J connectivity index is 0.000000500. The zero-order valence-corrected chi connectivity index (χ0v) is 33.2. The van der Waals surface area contributed by atoms with Gasteiger partial charge in [0, 0.05) is 0 Å². The van der Waals surface area contributed by atoms with Gasteiger partial charge < -0.3 is 15.8 Å². The van der Waals surface area contributed by atoms with E-state index in [0.29, 0.717) is 15.7 Å². The summed E-state index contributed by atoms with van der Waals surface area (Å²) in [6, 6.07) is 3.03. The van der Waals surface area contributed by atoms with Crippen molar-refractivity contribution < 1.29 is 24.0 Å².